The van der Waals surface area contributed by atoms with Crippen LogP contribution in [0, 0.1) is 0 Å². The molecule has 0 aliphatic rings. The maximum atomic E-state index is 12.3. The Morgan fingerprint density at radius 1 is 1.00 bits per heavy atom. The van der Waals surface area contributed by atoms with Crippen LogP contribution < -0.4 is 14.8 Å². The van der Waals surface area contributed by atoms with Gasteiger partial charge in [-0.2, -0.15) is 0 Å². The fourth-order valence-corrected chi connectivity index (χ4v) is 3.69. The summed E-state index contributed by atoms with van der Waals surface area (Å²) in [4.78, 5) is 16.8. The predicted molar refractivity (Wildman–Crippen MR) is 122 cm³/mol. The van der Waals surface area contributed by atoms with Gasteiger partial charge in [0.2, 0.25) is 5.91 Å². The van der Waals surface area contributed by atoms with Gasteiger partial charge in [-0.1, -0.05) is 30.3 Å². The van der Waals surface area contributed by atoms with Crippen molar-refractivity contribution in [1.82, 2.24) is 4.98 Å². The zero-order chi connectivity index (χ0) is 21.6. The smallest absolute Gasteiger partial charge is 0.250 e. The number of furan rings is 1. The molecule has 0 atom stereocenters. The van der Waals surface area contributed by atoms with E-state index in [4.69, 9.17) is 13.9 Å². The first kappa shape index (κ1) is 20.4. The van der Waals surface area contributed by atoms with E-state index >= 15 is 0 Å². The number of carbonyl (C=O) groups is 1. The summed E-state index contributed by atoms with van der Waals surface area (Å²) in [6, 6.07) is 19.1. The summed E-state index contributed by atoms with van der Waals surface area (Å²) in [6.07, 6.45) is 3.05. The highest BCUT2D eigenvalue weighted by atomic mass is 32.1. The van der Waals surface area contributed by atoms with E-state index in [0.29, 0.717) is 22.4 Å². The van der Waals surface area contributed by atoms with E-state index in [2.05, 4.69) is 10.3 Å². The van der Waals surface area contributed by atoms with E-state index in [1.165, 1.54) is 17.4 Å². The second-order valence-corrected chi connectivity index (χ2v) is 7.36. The summed E-state index contributed by atoms with van der Waals surface area (Å²) in [7, 11) is 3.18. The Morgan fingerprint density at radius 3 is 2.58 bits per heavy atom. The number of aromatic nitrogens is 1. The summed E-state index contributed by atoms with van der Waals surface area (Å²) in [5.41, 5.74) is 2.59. The van der Waals surface area contributed by atoms with Gasteiger partial charge in [0.1, 0.15) is 11.5 Å². The highest BCUT2D eigenvalue weighted by Gasteiger charge is 2.10. The molecular formula is C24H20N2O4S. The molecule has 1 N–H and O–H groups in total. The van der Waals surface area contributed by atoms with Crippen LogP contribution in [0.5, 0.6) is 11.5 Å². The number of methoxy groups -OCH3 is 2. The first-order chi connectivity index (χ1) is 15.2. The molecule has 4 aromatic rings. The fraction of sp³-hybridized carbons (Fsp3) is 0.0833. The minimum atomic E-state index is -0.286. The average Bonchev–Trinajstić information content (AvgIpc) is 3.48. The van der Waals surface area contributed by atoms with Gasteiger partial charge in [-0.3, -0.25) is 10.1 Å². The van der Waals surface area contributed by atoms with Gasteiger partial charge >= 0.3 is 0 Å². The number of benzene rings is 2. The molecule has 2 aromatic heterocycles. The van der Waals surface area contributed by atoms with Crippen molar-refractivity contribution >= 4 is 28.5 Å². The number of nitrogens with one attached hydrogen (secondary N) is 1. The van der Waals surface area contributed by atoms with Crippen molar-refractivity contribution in [1.29, 1.82) is 0 Å². The Morgan fingerprint density at radius 2 is 1.81 bits per heavy atom. The topological polar surface area (TPSA) is 73.6 Å². The highest BCUT2D eigenvalue weighted by molar-refractivity contribution is 7.14. The Bertz CT molecular complexity index is 1210. The van der Waals surface area contributed by atoms with Crippen LogP contribution in [0.1, 0.15) is 5.76 Å². The van der Waals surface area contributed by atoms with Crippen molar-refractivity contribution in [3.8, 4) is 34.1 Å². The number of hydrogen-bond donors (Lipinski definition) is 1. The lowest BCUT2D eigenvalue weighted by Crippen LogP contribution is -2.07. The molecule has 0 aliphatic carbocycles. The molecule has 7 heteroatoms. The van der Waals surface area contributed by atoms with Crippen LogP contribution >= 0.6 is 11.3 Å². The van der Waals surface area contributed by atoms with Crippen LogP contribution in [-0.4, -0.2) is 25.1 Å². The molecule has 31 heavy (non-hydrogen) atoms. The first-order valence-electron chi connectivity index (χ1n) is 9.48. The third kappa shape index (κ3) is 4.84. The van der Waals surface area contributed by atoms with Crippen molar-refractivity contribution in [3.63, 3.8) is 0 Å². The summed E-state index contributed by atoms with van der Waals surface area (Å²) < 4.78 is 16.4. The standard InChI is InChI=1S/C24H20N2O4S/c1-28-21-11-8-17(14-22(21)29-2)19-15-31-24(25-19)26-23(27)13-10-18-9-12-20(30-18)16-6-4-3-5-7-16/h3-15H,1-2H3,(H,25,26,27)/b13-10+. The molecular weight excluding hydrogens is 412 g/mol. The number of carbonyl (C=O) groups excluding carboxylic acids is 1. The zero-order valence-electron chi connectivity index (χ0n) is 17.0. The van der Waals surface area contributed by atoms with Gasteiger partial charge in [0, 0.05) is 22.6 Å². The lowest BCUT2D eigenvalue weighted by Gasteiger charge is -2.08. The molecule has 156 valence electrons. The Balaban J connectivity index is 1.41. The second kappa shape index (κ2) is 9.32. The number of nitrogens with zero attached hydrogens (tertiary/aromatic N) is 1. The van der Waals surface area contributed by atoms with Gasteiger partial charge in [-0.15, -0.1) is 11.3 Å². The predicted octanol–water partition coefficient (Wildman–Crippen LogP) is 5.74. The van der Waals surface area contributed by atoms with Crippen LogP contribution in [0.15, 0.2) is 76.5 Å². The van der Waals surface area contributed by atoms with Gasteiger partial charge in [-0.25, -0.2) is 4.98 Å². The number of rotatable bonds is 7. The molecule has 0 bridgehead atoms. The number of ether oxygens (including phenoxy) is 2. The van der Waals surface area contributed by atoms with E-state index in [1.807, 2.05) is 66.0 Å². The molecule has 2 aromatic carbocycles. The van der Waals surface area contributed by atoms with Crippen molar-refractivity contribution in [3.05, 3.63) is 77.9 Å². The van der Waals surface area contributed by atoms with E-state index < -0.39 is 0 Å². The Labute approximate surface area is 183 Å². The number of anilines is 1. The zero-order valence-corrected chi connectivity index (χ0v) is 17.8. The van der Waals surface area contributed by atoms with Crippen LogP contribution in [0.25, 0.3) is 28.7 Å². The van der Waals surface area contributed by atoms with Crippen molar-refractivity contribution in [2.24, 2.45) is 0 Å². The number of hydrogen-bond acceptors (Lipinski definition) is 6. The first-order valence-corrected chi connectivity index (χ1v) is 10.4. The van der Waals surface area contributed by atoms with Crippen LogP contribution in [0.3, 0.4) is 0 Å². The maximum absolute atomic E-state index is 12.3. The van der Waals surface area contributed by atoms with E-state index in [0.717, 1.165) is 22.6 Å². The third-order valence-corrected chi connectivity index (χ3v) is 5.26. The molecule has 0 saturated carbocycles. The molecule has 0 spiro atoms. The van der Waals surface area contributed by atoms with E-state index in [9.17, 15) is 4.79 Å². The Kier molecular flexibility index (Phi) is 6.14. The van der Waals surface area contributed by atoms with Crippen LogP contribution in [-0.2, 0) is 4.79 Å². The van der Waals surface area contributed by atoms with Crippen molar-refractivity contribution in [2.45, 2.75) is 0 Å². The van der Waals surface area contributed by atoms with Crippen molar-refractivity contribution < 1.29 is 18.7 Å². The summed E-state index contributed by atoms with van der Waals surface area (Å²) in [5, 5.41) is 5.15. The Hall–Kier alpha value is -3.84. The van der Waals surface area contributed by atoms with Crippen molar-refractivity contribution in [2.75, 3.05) is 19.5 Å². The molecule has 6 nitrogen and oxygen atoms in total. The van der Waals surface area contributed by atoms with Gasteiger partial charge in [0.15, 0.2) is 16.6 Å². The lowest BCUT2D eigenvalue weighted by atomic mass is 10.1. The van der Waals surface area contributed by atoms with Crippen LogP contribution in [0.4, 0.5) is 5.13 Å². The minimum Gasteiger partial charge on any atom is -0.493 e. The second-order valence-electron chi connectivity index (χ2n) is 6.50. The van der Waals surface area contributed by atoms with Gasteiger partial charge in [0.05, 0.1) is 19.9 Å². The molecule has 0 fully saturated rings. The summed E-state index contributed by atoms with van der Waals surface area (Å²) in [6.45, 7) is 0. The minimum absolute atomic E-state index is 0.286. The number of thiazole rings is 1. The molecule has 1 amide bonds. The monoisotopic (exact) mass is 432 g/mol. The molecule has 4 rings (SSSR count). The summed E-state index contributed by atoms with van der Waals surface area (Å²) >= 11 is 1.35. The van der Waals surface area contributed by atoms with Gasteiger partial charge < -0.3 is 13.9 Å². The maximum Gasteiger partial charge on any atom is 0.250 e. The van der Waals surface area contributed by atoms with E-state index in [1.54, 1.807) is 20.3 Å². The van der Waals surface area contributed by atoms with Gasteiger partial charge in [0.25, 0.3) is 0 Å². The molecule has 0 saturated heterocycles. The van der Waals surface area contributed by atoms with Crippen LogP contribution in [0.2, 0.25) is 0 Å². The third-order valence-electron chi connectivity index (χ3n) is 4.50. The number of amides is 1. The fourth-order valence-electron chi connectivity index (χ4n) is 2.96. The molecule has 0 radical (unpaired) electrons. The largest absolute Gasteiger partial charge is 0.493 e. The SMILES string of the molecule is COc1ccc(-c2csc(NC(=O)/C=C/c3ccc(-c4ccccc4)o3)n2)cc1OC. The molecule has 0 unspecified atom stereocenters. The van der Waals surface area contributed by atoms with Gasteiger partial charge in [-0.05, 0) is 36.4 Å². The average molecular weight is 433 g/mol. The normalized spacial score (nSPS) is 10.9. The highest BCUT2D eigenvalue weighted by Crippen LogP contribution is 2.33. The molecule has 2 heterocycles. The quantitative estimate of drug-likeness (QED) is 0.377. The molecule has 0 aliphatic heterocycles. The van der Waals surface area contributed by atoms with E-state index in [-0.39, 0.29) is 5.91 Å². The summed E-state index contributed by atoms with van der Waals surface area (Å²) in [5.74, 6) is 2.33. The lowest BCUT2D eigenvalue weighted by molar-refractivity contribution is -0.111.